The van der Waals surface area contributed by atoms with Crippen LogP contribution in [0.2, 0.25) is 0 Å². The molecule has 0 aromatic heterocycles. The summed E-state index contributed by atoms with van der Waals surface area (Å²) in [7, 11) is 0. The summed E-state index contributed by atoms with van der Waals surface area (Å²) in [5.74, 6) is 1.02. The first-order valence-electron chi connectivity index (χ1n) is 10.0. The number of rotatable bonds is 14. The van der Waals surface area contributed by atoms with Crippen LogP contribution in [0.15, 0.2) is 0 Å². The van der Waals surface area contributed by atoms with Crippen molar-refractivity contribution in [3.05, 3.63) is 0 Å². The van der Waals surface area contributed by atoms with Crippen molar-refractivity contribution >= 4 is 5.97 Å². The molecule has 23 heavy (non-hydrogen) atoms. The van der Waals surface area contributed by atoms with Crippen molar-refractivity contribution in [2.75, 3.05) is 0 Å². The first kappa shape index (κ1) is 20.5. The molecule has 0 bridgehead atoms. The van der Waals surface area contributed by atoms with E-state index in [2.05, 4.69) is 6.92 Å². The lowest BCUT2D eigenvalue weighted by molar-refractivity contribution is -0.137. The predicted molar refractivity (Wildman–Crippen MR) is 95.6 cm³/mol. The number of carbonyl (C=O) groups is 1. The highest BCUT2D eigenvalue weighted by Gasteiger charge is 2.26. The van der Waals surface area contributed by atoms with Gasteiger partial charge in [-0.1, -0.05) is 71.1 Å². The fraction of sp³-hybridized carbons (Fsp3) is 0.950. The van der Waals surface area contributed by atoms with Crippen LogP contribution < -0.4 is 0 Å². The monoisotopic (exact) mass is 326 g/mol. The minimum Gasteiger partial charge on any atom is -0.481 e. The summed E-state index contributed by atoms with van der Waals surface area (Å²) in [4.78, 5) is 10.5. The Morgan fingerprint density at radius 2 is 1.65 bits per heavy atom. The summed E-state index contributed by atoms with van der Waals surface area (Å²) in [6, 6.07) is 0. The second-order valence-electron chi connectivity index (χ2n) is 7.52. The second-order valence-corrected chi connectivity index (χ2v) is 7.52. The lowest BCUT2D eigenvalue weighted by Gasteiger charge is -2.21. The Morgan fingerprint density at radius 3 is 2.35 bits per heavy atom. The lowest BCUT2D eigenvalue weighted by Crippen LogP contribution is -2.13. The topological polar surface area (TPSA) is 57.5 Å². The van der Waals surface area contributed by atoms with Crippen LogP contribution in [0.5, 0.6) is 0 Å². The zero-order valence-corrected chi connectivity index (χ0v) is 15.1. The number of hydrogen-bond acceptors (Lipinski definition) is 2. The zero-order valence-electron chi connectivity index (χ0n) is 15.1. The molecule has 0 aliphatic heterocycles. The highest BCUT2D eigenvalue weighted by Crippen LogP contribution is 2.38. The first-order valence-corrected chi connectivity index (χ1v) is 10.0. The van der Waals surface area contributed by atoms with Gasteiger partial charge >= 0.3 is 5.97 Å². The number of aliphatic carboxylic acids is 1. The molecule has 2 N–H and O–H groups in total. The highest BCUT2D eigenvalue weighted by molar-refractivity contribution is 5.66. The number of aliphatic hydroxyl groups is 1. The van der Waals surface area contributed by atoms with Crippen LogP contribution in [0, 0.1) is 11.8 Å². The molecular weight excluding hydrogens is 288 g/mol. The third kappa shape index (κ3) is 10.0. The molecule has 0 radical (unpaired) electrons. The third-order valence-electron chi connectivity index (χ3n) is 5.54. The molecule has 136 valence electrons. The lowest BCUT2D eigenvalue weighted by atomic mass is 9.86. The zero-order chi connectivity index (χ0) is 16.9. The van der Waals surface area contributed by atoms with Gasteiger partial charge in [-0.15, -0.1) is 0 Å². The molecule has 1 fully saturated rings. The van der Waals surface area contributed by atoms with Gasteiger partial charge in [0.2, 0.25) is 0 Å². The summed E-state index contributed by atoms with van der Waals surface area (Å²) in [5, 5.41) is 18.7. The maximum absolute atomic E-state index is 10.5. The molecule has 0 aromatic carbocycles. The van der Waals surface area contributed by atoms with Crippen LogP contribution in [0.4, 0.5) is 0 Å². The van der Waals surface area contributed by atoms with E-state index in [1.807, 2.05) is 0 Å². The smallest absolute Gasteiger partial charge is 0.303 e. The van der Waals surface area contributed by atoms with E-state index in [1.54, 1.807) is 0 Å². The Morgan fingerprint density at radius 1 is 0.957 bits per heavy atom. The fourth-order valence-corrected chi connectivity index (χ4v) is 4.09. The summed E-state index contributed by atoms with van der Waals surface area (Å²) >= 11 is 0. The van der Waals surface area contributed by atoms with Crippen LogP contribution in [-0.4, -0.2) is 22.3 Å². The summed E-state index contributed by atoms with van der Waals surface area (Å²) in [6.45, 7) is 2.21. The van der Waals surface area contributed by atoms with E-state index >= 15 is 0 Å². The number of aliphatic hydroxyl groups excluding tert-OH is 1. The molecular formula is C20H38O3. The molecule has 1 aliphatic rings. The molecule has 0 aromatic rings. The van der Waals surface area contributed by atoms with Gasteiger partial charge in [-0.25, -0.2) is 0 Å². The maximum atomic E-state index is 10.5. The molecule has 1 saturated carbocycles. The van der Waals surface area contributed by atoms with Crippen molar-refractivity contribution in [2.24, 2.45) is 11.8 Å². The standard InChI is InChI=1S/C20H38O3/c1-2-3-6-13-19(21)16-15-18-12-9-11-17(18)10-7-4-5-8-14-20(22)23/h17-19,21H,2-16H2,1H3,(H,22,23)/t17-,18+,19?/m0/s1. The summed E-state index contributed by atoms with van der Waals surface area (Å²) < 4.78 is 0. The average molecular weight is 327 g/mol. The van der Waals surface area contributed by atoms with Gasteiger partial charge in [0.1, 0.15) is 0 Å². The van der Waals surface area contributed by atoms with Crippen LogP contribution in [-0.2, 0) is 4.79 Å². The minimum absolute atomic E-state index is 0.0844. The molecule has 3 nitrogen and oxygen atoms in total. The van der Waals surface area contributed by atoms with Crippen molar-refractivity contribution in [2.45, 2.75) is 109 Å². The molecule has 0 spiro atoms. The Bertz CT molecular complexity index is 303. The predicted octanol–water partition coefficient (Wildman–Crippen LogP) is 5.55. The molecule has 0 amide bonds. The van der Waals surface area contributed by atoms with Crippen molar-refractivity contribution in [1.82, 2.24) is 0 Å². The van der Waals surface area contributed by atoms with Gasteiger partial charge in [0.05, 0.1) is 6.10 Å². The van der Waals surface area contributed by atoms with Crippen LogP contribution >= 0.6 is 0 Å². The van der Waals surface area contributed by atoms with E-state index in [4.69, 9.17) is 5.11 Å². The Kier molecular flexibility index (Phi) is 11.4. The first-order chi connectivity index (χ1) is 11.1. The number of unbranched alkanes of at least 4 members (excludes halogenated alkanes) is 5. The van der Waals surface area contributed by atoms with E-state index in [0.29, 0.717) is 6.42 Å². The summed E-state index contributed by atoms with van der Waals surface area (Å²) in [6.07, 6.45) is 16.7. The van der Waals surface area contributed by atoms with E-state index in [1.165, 1.54) is 64.2 Å². The normalized spacial score (nSPS) is 22.3. The molecule has 3 atom stereocenters. The maximum Gasteiger partial charge on any atom is 0.303 e. The molecule has 1 aliphatic carbocycles. The third-order valence-corrected chi connectivity index (χ3v) is 5.54. The summed E-state index contributed by atoms with van der Waals surface area (Å²) in [5.41, 5.74) is 0. The molecule has 0 saturated heterocycles. The molecule has 1 rings (SSSR count). The van der Waals surface area contributed by atoms with E-state index in [0.717, 1.165) is 37.5 Å². The Labute approximate surface area is 142 Å². The van der Waals surface area contributed by atoms with Gasteiger partial charge in [0, 0.05) is 6.42 Å². The SMILES string of the molecule is CCCCCC(O)CC[C@H]1CCC[C@@H]1CCCCCCC(=O)O. The second kappa shape index (κ2) is 12.8. The molecule has 0 heterocycles. The van der Waals surface area contributed by atoms with E-state index < -0.39 is 5.97 Å². The van der Waals surface area contributed by atoms with Gasteiger partial charge in [-0.3, -0.25) is 4.79 Å². The van der Waals surface area contributed by atoms with Gasteiger partial charge in [-0.05, 0) is 37.5 Å². The Hall–Kier alpha value is -0.570. The number of carboxylic acid groups (broad SMARTS) is 1. The van der Waals surface area contributed by atoms with Crippen molar-refractivity contribution < 1.29 is 15.0 Å². The molecule has 3 heteroatoms. The largest absolute Gasteiger partial charge is 0.481 e. The van der Waals surface area contributed by atoms with Gasteiger partial charge in [0.15, 0.2) is 0 Å². The molecule has 1 unspecified atom stereocenters. The van der Waals surface area contributed by atoms with Gasteiger partial charge in [0.25, 0.3) is 0 Å². The van der Waals surface area contributed by atoms with Crippen LogP contribution in [0.25, 0.3) is 0 Å². The van der Waals surface area contributed by atoms with Crippen molar-refractivity contribution in [3.8, 4) is 0 Å². The van der Waals surface area contributed by atoms with Crippen molar-refractivity contribution in [3.63, 3.8) is 0 Å². The Balaban J connectivity index is 2.07. The van der Waals surface area contributed by atoms with Crippen molar-refractivity contribution in [1.29, 1.82) is 0 Å². The van der Waals surface area contributed by atoms with E-state index in [9.17, 15) is 9.90 Å². The fourth-order valence-electron chi connectivity index (χ4n) is 4.09. The number of hydrogen-bond donors (Lipinski definition) is 2. The number of carboxylic acids is 1. The van der Waals surface area contributed by atoms with Crippen LogP contribution in [0.3, 0.4) is 0 Å². The average Bonchev–Trinajstić information content (AvgIpc) is 2.96. The van der Waals surface area contributed by atoms with Gasteiger partial charge in [-0.2, -0.15) is 0 Å². The van der Waals surface area contributed by atoms with Gasteiger partial charge < -0.3 is 10.2 Å². The minimum atomic E-state index is -0.668. The van der Waals surface area contributed by atoms with E-state index in [-0.39, 0.29) is 6.10 Å². The van der Waals surface area contributed by atoms with Crippen LogP contribution in [0.1, 0.15) is 103 Å². The quantitative estimate of drug-likeness (QED) is 0.411. The highest BCUT2D eigenvalue weighted by atomic mass is 16.4.